The SMILES string of the molecule is Cc1nc(-c2cc(C(=O)Nc3nnc(C(C)C)s3)n(C)c2)cs1. The maximum Gasteiger partial charge on any atom is 0.274 e. The van der Waals surface area contributed by atoms with E-state index in [2.05, 4.69) is 20.5 Å². The number of rotatable bonds is 4. The molecule has 3 rings (SSSR count). The van der Waals surface area contributed by atoms with E-state index in [0.29, 0.717) is 16.7 Å². The molecule has 120 valence electrons. The smallest absolute Gasteiger partial charge is 0.274 e. The van der Waals surface area contributed by atoms with Gasteiger partial charge in [-0.1, -0.05) is 25.2 Å². The van der Waals surface area contributed by atoms with Crippen LogP contribution in [0.4, 0.5) is 5.13 Å². The van der Waals surface area contributed by atoms with Crippen molar-refractivity contribution in [2.45, 2.75) is 26.7 Å². The summed E-state index contributed by atoms with van der Waals surface area (Å²) in [6.45, 7) is 6.06. The quantitative estimate of drug-likeness (QED) is 0.781. The van der Waals surface area contributed by atoms with Gasteiger partial charge in [0, 0.05) is 30.1 Å². The zero-order valence-corrected chi connectivity index (χ0v) is 15.0. The van der Waals surface area contributed by atoms with Crippen LogP contribution in [0.25, 0.3) is 11.3 Å². The van der Waals surface area contributed by atoms with Crippen molar-refractivity contribution in [3.63, 3.8) is 0 Å². The molecule has 0 spiro atoms. The molecule has 0 aliphatic rings. The summed E-state index contributed by atoms with van der Waals surface area (Å²) in [5, 5.41) is 15.3. The van der Waals surface area contributed by atoms with Gasteiger partial charge in [-0.3, -0.25) is 10.1 Å². The van der Waals surface area contributed by atoms with E-state index >= 15 is 0 Å². The highest BCUT2D eigenvalue weighted by atomic mass is 32.1. The number of aromatic nitrogens is 4. The van der Waals surface area contributed by atoms with Crippen LogP contribution < -0.4 is 5.32 Å². The average Bonchev–Trinajstić information content (AvgIpc) is 3.18. The van der Waals surface area contributed by atoms with E-state index in [1.165, 1.54) is 11.3 Å². The number of carbonyl (C=O) groups is 1. The van der Waals surface area contributed by atoms with Gasteiger partial charge in [-0.15, -0.1) is 21.5 Å². The van der Waals surface area contributed by atoms with Crippen molar-refractivity contribution in [1.82, 2.24) is 19.7 Å². The van der Waals surface area contributed by atoms with E-state index in [4.69, 9.17) is 0 Å². The summed E-state index contributed by atoms with van der Waals surface area (Å²) in [6, 6.07) is 1.84. The van der Waals surface area contributed by atoms with E-state index in [9.17, 15) is 4.79 Å². The third kappa shape index (κ3) is 3.32. The predicted molar refractivity (Wildman–Crippen MR) is 93.2 cm³/mol. The maximum absolute atomic E-state index is 12.5. The van der Waals surface area contributed by atoms with Crippen LogP contribution in [0.2, 0.25) is 0 Å². The molecule has 0 bridgehead atoms. The van der Waals surface area contributed by atoms with Gasteiger partial charge < -0.3 is 4.57 Å². The fourth-order valence-electron chi connectivity index (χ4n) is 2.11. The molecule has 0 fully saturated rings. The van der Waals surface area contributed by atoms with Crippen LogP contribution in [0.1, 0.15) is 40.3 Å². The first-order valence-electron chi connectivity index (χ1n) is 7.17. The van der Waals surface area contributed by atoms with Crippen LogP contribution in [0, 0.1) is 6.92 Å². The molecule has 0 aromatic carbocycles. The molecule has 23 heavy (non-hydrogen) atoms. The molecule has 0 unspecified atom stereocenters. The van der Waals surface area contributed by atoms with Crippen molar-refractivity contribution >= 4 is 33.7 Å². The minimum Gasteiger partial charge on any atom is -0.346 e. The number of nitrogens with one attached hydrogen (secondary N) is 1. The number of thiazole rings is 1. The lowest BCUT2D eigenvalue weighted by Gasteiger charge is -2.01. The Bertz CT molecular complexity index is 846. The van der Waals surface area contributed by atoms with Crippen LogP contribution in [0.3, 0.4) is 0 Å². The summed E-state index contributed by atoms with van der Waals surface area (Å²) in [4.78, 5) is 16.9. The molecular formula is C15H17N5OS2. The molecule has 0 atom stereocenters. The van der Waals surface area contributed by atoms with Gasteiger partial charge in [0.1, 0.15) is 10.7 Å². The average molecular weight is 347 g/mol. The number of amides is 1. The standard InChI is InChI=1S/C15H17N5OS2/c1-8(2)14-18-19-15(23-14)17-13(21)12-5-10(6-20(12)4)11-7-22-9(3)16-11/h5-8H,1-4H3,(H,17,19,21). The Labute approximate surface area is 142 Å². The minimum absolute atomic E-state index is 0.197. The molecule has 1 N–H and O–H groups in total. The molecule has 3 aromatic heterocycles. The highest BCUT2D eigenvalue weighted by molar-refractivity contribution is 7.15. The van der Waals surface area contributed by atoms with Crippen LogP contribution in [-0.2, 0) is 7.05 Å². The van der Waals surface area contributed by atoms with Crippen molar-refractivity contribution in [2.75, 3.05) is 5.32 Å². The van der Waals surface area contributed by atoms with Crippen molar-refractivity contribution in [2.24, 2.45) is 7.05 Å². The molecule has 3 aromatic rings. The molecule has 0 radical (unpaired) electrons. The highest BCUT2D eigenvalue weighted by Crippen LogP contribution is 2.25. The monoisotopic (exact) mass is 347 g/mol. The molecule has 6 nitrogen and oxygen atoms in total. The van der Waals surface area contributed by atoms with Gasteiger partial charge in [0.2, 0.25) is 5.13 Å². The fraction of sp³-hybridized carbons (Fsp3) is 0.333. The number of anilines is 1. The van der Waals surface area contributed by atoms with E-state index in [-0.39, 0.29) is 5.91 Å². The third-order valence-corrected chi connectivity index (χ3v) is 5.22. The lowest BCUT2D eigenvalue weighted by atomic mass is 10.2. The number of hydrogen-bond acceptors (Lipinski definition) is 6. The first-order valence-corrected chi connectivity index (χ1v) is 8.87. The van der Waals surface area contributed by atoms with E-state index in [1.807, 2.05) is 45.5 Å². The largest absolute Gasteiger partial charge is 0.346 e. The van der Waals surface area contributed by atoms with Crippen LogP contribution in [-0.4, -0.2) is 25.7 Å². The van der Waals surface area contributed by atoms with Crippen molar-refractivity contribution in [1.29, 1.82) is 0 Å². The molecule has 0 saturated carbocycles. The zero-order valence-electron chi connectivity index (χ0n) is 13.3. The van der Waals surface area contributed by atoms with Crippen molar-refractivity contribution in [3.05, 3.63) is 33.4 Å². The Balaban J connectivity index is 1.80. The lowest BCUT2D eigenvalue weighted by molar-refractivity contribution is 0.101. The minimum atomic E-state index is -0.197. The van der Waals surface area contributed by atoms with Gasteiger partial charge in [-0.2, -0.15) is 0 Å². The Morgan fingerprint density at radius 1 is 1.35 bits per heavy atom. The van der Waals surface area contributed by atoms with Gasteiger partial charge >= 0.3 is 0 Å². The number of nitrogens with zero attached hydrogens (tertiary/aromatic N) is 4. The first-order chi connectivity index (χ1) is 10.9. The first kappa shape index (κ1) is 15.8. The topological polar surface area (TPSA) is 72.7 Å². The van der Waals surface area contributed by atoms with Gasteiger partial charge in [-0.25, -0.2) is 4.98 Å². The third-order valence-electron chi connectivity index (χ3n) is 3.31. The zero-order chi connectivity index (χ0) is 16.6. The molecule has 3 heterocycles. The summed E-state index contributed by atoms with van der Waals surface area (Å²) >= 11 is 3.00. The molecule has 0 aliphatic heterocycles. The Morgan fingerprint density at radius 3 is 2.74 bits per heavy atom. The molecule has 8 heteroatoms. The second-order valence-corrected chi connectivity index (χ2v) is 7.60. The summed E-state index contributed by atoms with van der Waals surface area (Å²) in [5.74, 6) is 0.102. The molecule has 0 saturated heterocycles. The summed E-state index contributed by atoms with van der Waals surface area (Å²) in [6.07, 6.45) is 1.91. The Morgan fingerprint density at radius 2 is 2.13 bits per heavy atom. The predicted octanol–water partition coefficient (Wildman–Crippen LogP) is 3.68. The second kappa shape index (κ2) is 6.21. The number of carbonyl (C=O) groups excluding carboxylic acids is 1. The van der Waals surface area contributed by atoms with Gasteiger partial charge in [0.15, 0.2) is 0 Å². The van der Waals surface area contributed by atoms with Crippen molar-refractivity contribution < 1.29 is 4.79 Å². The second-order valence-electron chi connectivity index (χ2n) is 5.53. The molecule has 1 amide bonds. The normalized spacial score (nSPS) is 11.2. The fourth-order valence-corrected chi connectivity index (χ4v) is 3.47. The molecule has 0 aliphatic carbocycles. The highest BCUT2D eigenvalue weighted by Gasteiger charge is 2.16. The summed E-state index contributed by atoms with van der Waals surface area (Å²) < 4.78 is 1.80. The van der Waals surface area contributed by atoms with E-state index < -0.39 is 0 Å². The van der Waals surface area contributed by atoms with Gasteiger partial charge in [0.25, 0.3) is 5.91 Å². The van der Waals surface area contributed by atoms with Gasteiger partial charge in [-0.05, 0) is 13.0 Å². The van der Waals surface area contributed by atoms with Crippen LogP contribution in [0.15, 0.2) is 17.6 Å². The van der Waals surface area contributed by atoms with Crippen molar-refractivity contribution in [3.8, 4) is 11.3 Å². The molecular weight excluding hydrogens is 330 g/mol. The number of hydrogen-bond donors (Lipinski definition) is 1. The maximum atomic E-state index is 12.5. The van der Waals surface area contributed by atoms with Crippen LogP contribution in [0.5, 0.6) is 0 Å². The van der Waals surface area contributed by atoms with E-state index in [0.717, 1.165) is 21.3 Å². The Kier molecular flexibility index (Phi) is 4.27. The van der Waals surface area contributed by atoms with Gasteiger partial charge in [0.05, 0.1) is 10.7 Å². The summed E-state index contributed by atoms with van der Waals surface area (Å²) in [7, 11) is 1.84. The lowest BCUT2D eigenvalue weighted by Crippen LogP contribution is -2.15. The summed E-state index contributed by atoms with van der Waals surface area (Å²) in [5.41, 5.74) is 2.38. The van der Waals surface area contributed by atoms with E-state index in [1.54, 1.807) is 15.9 Å². The Hall–Kier alpha value is -2.06. The number of aryl methyl sites for hydroxylation is 2. The van der Waals surface area contributed by atoms with Crippen LogP contribution >= 0.6 is 22.7 Å².